The molecule has 0 aliphatic carbocycles. The second-order valence-electron chi connectivity index (χ2n) is 3.51. The number of aliphatic imine (C=N–C) groups is 1. The number of ether oxygens (including phenoxy) is 1. The Bertz CT molecular complexity index is 211. The first-order chi connectivity index (χ1) is 6.22. The largest absolute Gasteiger partial charge is 0.469 e. The van der Waals surface area contributed by atoms with Crippen LogP contribution in [0.25, 0.3) is 0 Å². The Balaban J connectivity index is 2.13. The summed E-state index contributed by atoms with van der Waals surface area (Å²) in [4.78, 5) is 15.3. The number of hydrogen-bond acceptors (Lipinski definition) is 3. The highest BCUT2D eigenvalue weighted by atomic mass is 16.5. The zero-order valence-corrected chi connectivity index (χ0v) is 8.38. The summed E-state index contributed by atoms with van der Waals surface area (Å²) in [5.74, 6) is -0.119. The first kappa shape index (κ1) is 10.2. The summed E-state index contributed by atoms with van der Waals surface area (Å²) in [5.41, 5.74) is 1.27. The number of esters is 1. The molecule has 0 bridgehead atoms. The molecule has 1 aliphatic rings. The fourth-order valence-corrected chi connectivity index (χ4v) is 1.54. The van der Waals surface area contributed by atoms with Gasteiger partial charge in [-0.3, -0.25) is 9.79 Å². The molecule has 74 valence electrons. The summed E-state index contributed by atoms with van der Waals surface area (Å²) in [6, 6.07) is 0.494. The average molecular weight is 183 g/mol. The van der Waals surface area contributed by atoms with E-state index in [-0.39, 0.29) is 5.97 Å². The van der Waals surface area contributed by atoms with Gasteiger partial charge in [0.25, 0.3) is 0 Å². The van der Waals surface area contributed by atoms with Crippen LogP contribution in [0.3, 0.4) is 0 Å². The van der Waals surface area contributed by atoms with E-state index in [1.807, 2.05) is 0 Å². The lowest BCUT2D eigenvalue weighted by Gasteiger charge is -1.99. The Morgan fingerprint density at radius 1 is 1.69 bits per heavy atom. The molecule has 0 spiro atoms. The molecule has 0 unspecified atom stereocenters. The predicted octanol–water partition coefficient (Wildman–Crippen LogP) is 1.95. The van der Waals surface area contributed by atoms with Gasteiger partial charge in [-0.25, -0.2) is 0 Å². The zero-order chi connectivity index (χ0) is 9.68. The van der Waals surface area contributed by atoms with Crippen molar-refractivity contribution in [2.75, 3.05) is 7.11 Å². The van der Waals surface area contributed by atoms with Gasteiger partial charge >= 0.3 is 5.97 Å². The molecule has 0 fully saturated rings. The fraction of sp³-hybridized carbons (Fsp3) is 0.800. The van der Waals surface area contributed by atoms with Crippen molar-refractivity contribution in [1.29, 1.82) is 0 Å². The third-order valence-electron chi connectivity index (χ3n) is 2.33. The maximum atomic E-state index is 10.8. The quantitative estimate of drug-likeness (QED) is 0.625. The number of hydrogen-bond donors (Lipinski definition) is 0. The summed E-state index contributed by atoms with van der Waals surface area (Å²) in [7, 11) is 1.43. The van der Waals surface area contributed by atoms with E-state index in [0.717, 1.165) is 19.3 Å². The highest BCUT2D eigenvalue weighted by Gasteiger charge is 2.12. The minimum Gasteiger partial charge on any atom is -0.469 e. The molecule has 3 nitrogen and oxygen atoms in total. The third kappa shape index (κ3) is 3.57. The molecule has 1 heterocycles. The molecule has 0 aromatic carbocycles. The highest BCUT2D eigenvalue weighted by molar-refractivity contribution is 5.86. The fourth-order valence-electron chi connectivity index (χ4n) is 1.54. The summed E-state index contributed by atoms with van der Waals surface area (Å²) >= 11 is 0. The normalized spacial score (nSPS) is 21.4. The van der Waals surface area contributed by atoms with Crippen LogP contribution in [-0.2, 0) is 9.53 Å². The van der Waals surface area contributed by atoms with E-state index in [4.69, 9.17) is 0 Å². The number of carbonyl (C=O) groups excluding carboxylic acids is 1. The van der Waals surface area contributed by atoms with Gasteiger partial charge in [-0.05, 0) is 32.6 Å². The van der Waals surface area contributed by atoms with Crippen molar-refractivity contribution in [1.82, 2.24) is 0 Å². The molecular formula is C10H17NO2. The van der Waals surface area contributed by atoms with Crippen molar-refractivity contribution in [3.05, 3.63) is 0 Å². The Hall–Kier alpha value is -0.860. The van der Waals surface area contributed by atoms with Crippen LogP contribution in [0.4, 0.5) is 0 Å². The monoisotopic (exact) mass is 183 g/mol. The Labute approximate surface area is 79.2 Å². The number of rotatable bonds is 4. The first-order valence-corrected chi connectivity index (χ1v) is 4.84. The van der Waals surface area contributed by atoms with Crippen molar-refractivity contribution >= 4 is 11.7 Å². The van der Waals surface area contributed by atoms with Crippen LogP contribution in [0, 0.1) is 0 Å². The molecule has 0 aromatic rings. The minimum absolute atomic E-state index is 0.119. The zero-order valence-electron chi connectivity index (χ0n) is 8.38. The molecule has 0 saturated carbocycles. The van der Waals surface area contributed by atoms with E-state index in [2.05, 4.69) is 16.7 Å². The van der Waals surface area contributed by atoms with Gasteiger partial charge in [0.1, 0.15) is 0 Å². The minimum atomic E-state index is -0.119. The molecule has 0 saturated heterocycles. The average Bonchev–Trinajstić information content (AvgIpc) is 2.51. The van der Waals surface area contributed by atoms with E-state index in [9.17, 15) is 4.79 Å². The molecule has 1 atom stereocenters. The number of nitrogens with zero attached hydrogens (tertiary/aromatic N) is 1. The van der Waals surface area contributed by atoms with E-state index < -0.39 is 0 Å². The third-order valence-corrected chi connectivity index (χ3v) is 2.33. The van der Waals surface area contributed by atoms with Gasteiger partial charge in [0.15, 0.2) is 0 Å². The summed E-state index contributed by atoms with van der Waals surface area (Å²) in [6.07, 6.45) is 4.64. The molecule has 0 radical (unpaired) electrons. The molecule has 1 aliphatic heterocycles. The topological polar surface area (TPSA) is 38.7 Å². The van der Waals surface area contributed by atoms with Crippen LogP contribution in [0.15, 0.2) is 4.99 Å². The number of methoxy groups -OCH3 is 1. The van der Waals surface area contributed by atoms with Gasteiger partial charge in [-0.1, -0.05) is 0 Å². The highest BCUT2D eigenvalue weighted by Crippen LogP contribution is 2.16. The lowest BCUT2D eigenvalue weighted by atomic mass is 10.1. The van der Waals surface area contributed by atoms with Gasteiger partial charge < -0.3 is 4.74 Å². The maximum absolute atomic E-state index is 10.8. The van der Waals surface area contributed by atoms with Gasteiger partial charge in [0.2, 0.25) is 0 Å². The van der Waals surface area contributed by atoms with E-state index in [1.165, 1.54) is 19.2 Å². The maximum Gasteiger partial charge on any atom is 0.305 e. The van der Waals surface area contributed by atoms with Crippen LogP contribution in [0.2, 0.25) is 0 Å². The molecule has 0 N–H and O–H groups in total. The smallest absolute Gasteiger partial charge is 0.305 e. The summed E-state index contributed by atoms with van der Waals surface area (Å²) in [5, 5.41) is 0. The molecule has 0 amide bonds. The SMILES string of the molecule is COC(=O)CCCC1=N[C@H](C)CC1. The van der Waals surface area contributed by atoms with E-state index in [1.54, 1.807) is 0 Å². The van der Waals surface area contributed by atoms with Crippen LogP contribution in [0.1, 0.15) is 39.0 Å². The molecule has 1 rings (SSSR count). The van der Waals surface area contributed by atoms with Crippen LogP contribution < -0.4 is 0 Å². The van der Waals surface area contributed by atoms with Gasteiger partial charge in [0.05, 0.1) is 7.11 Å². The van der Waals surface area contributed by atoms with Crippen molar-refractivity contribution in [3.63, 3.8) is 0 Å². The second-order valence-corrected chi connectivity index (χ2v) is 3.51. The van der Waals surface area contributed by atoms with E-state index in [0.29, 0.717) is 12.5 Å². The predicted molar refractivity (Wildman–Crippen MR) is 52.0 cm³/mol. The van der Waals surface area contributed by atoms with Gasteiger partial charge in [-0.2, -0.15) is 0 Å². The molecule has 13 heavy (non-hydrogen) atoms. The van der Waals surface area contributed by atoms with Gasteiger partial charge in [-0.15, -0.1) is 0 Å². The van der Waals surface area contributed by atoms with E-state index >= 15 is 0 Å². The second kappa shape index (κ2) is 5.00. The molecular weight excluding hydrogens is 166 g/mol. The Morgan fingerprint density at radius 3 is 3.00 bits per heavy atom. The standard InChI is InChI=1S/C10H17NO2/c1-8-6-7-9(11-8)4-3-5-10(12)13-2/h8H,3-7H2,1-2H3/t8-/m1/s1. The van der Waals surface area contributed by atoms with Crippen LogP contribution in [0.5, 0.6) is 0 Å². The van der Waals surface area contributed by atoms with Crippen molar-refractivity contribution in [2.45, 2.75) is 45.1 Å². The van der Waals surface area contributed by atoms with Crippen LogP contribution >= 0.6 is 0 Å². The number of carbonyl (C=O) groups is 1. The molecule has 3 heteroatoms. The van der Waals surface area contributed by atoms with Gasteiger partial charge in [0, 0.05) is 18.2 Å². The molecule has 0 aromatic heterocycles. The van der Waals surface area contributed by atoms with Crippen LogP contribution in [-0.4, -0.2) is 24.8 Å². The Morgan fingerprint density at radius 2 is 2.46 bits per heavy atom. The van der Waals surface area contributed by atoms with Crippen molar-refractivity contribution in [2.24, 2.45) is 4.99 Å². The van der Waals surface area contributed by atoms with Crippen molar-refractivity contribution in [3.8, 4) is 0 Å². The lowest BCUT2D eigenvalue weighted by Crippen LogP contribution is -2.01. The summed E-state index contributed by atoms with van der Waals surface area (Å²) < 4.78 is 4.56. The first-order valence-electron chi connectivity index (χ1n) is 4.84. The Kier molecular flexibility index (Phi) is 3.93. The lowest BCUT2D eigenvalue weighted by molar-refractivity contribution is -0.140. The van der Waals surface area contributed by atoms with Crippen molar-refractivity contribution < 1.29 is 9.53 Å². The summed E-state index contributed by atoms with van der Waals surface area (Å²) in [6.45, 7) is 2.13.